The number of benzene rings is 1. The molecule has 18 heavy (non-hydrogen) atoms. The standard InChI is InChI=1S/C16H21NO/c1-5-6-12(3)15-13(4)18-17-16(15)14-9-7-11(2)8-10-14/h7-10,12H,5-6H2,1-4H3. The van der Waals surface area contributed by atoms with E-state index in [0.29, 0.717) is 5.92 Å². The zero-order valence-corrected chi connectivity index (χ0v) is 11.7. The number of hydrogen-bond acceptors (Lipinski definition) is 2. The lowest BCUT2D eigenvalue weighted by molar-refractivity contribution is 0.397. The minimum atomic E-state index is 0.498. The summed E-state index contributed by atoms with van der Waals surface area (Å²) < 4.78 is 5.40. The fraction of sp³-hybridized carbons (Fsp3) is 0.438. The number of aryl methyl sites for hydroxylation is 2. The number of aromatic nitrogens is 1. The van der Waals surface area contributed by atoms with Gasteiger partial charge >= 0.3 is 0 Å². The van der Waals surface area contributed by atoms with Crippen LogP contribution in [0, 0.1) is 13.8 Å². The van der Waals surface area contributed by atoms with Gasteiger partial charge in [-0.05, 0) is 26.2 Å². The molecule has 96 valence electrons. The van der Waals surface area contributed by atoms with Crippen LogP contribution in [0.15, 0.2) is 28.8 Å². The van der Waals surface area contributed by atoms with Crippen LogP contribution in [-0.2, 0) is 0 Å². The maximum Gasteiger partial charge on any atom is 0.137 e. The smallest absolute Gasteiger partial charge is 0.137 e. The molecule has 0 radical (unpaired) electrons. The highest BCUT2D eigenvalue weighted by Gasteiger charge is 2.19. The SMILES string of the molecule is CCCC(C)c1c(-c2ccc(C)cc2)noc1C. The van der Waals surface area contributed by atoms with E-state index in [4.69, 9.17) is 4.52 Å². The second-order valence-corrected chi connectivity index (χ2v) is 5.06. The third-order valence-electron chi connectivity index (χ3n) is 3.45. The molecular formula is C16H21NO. The topological polar surface area (TPSA) is 26.0 Å². The van der Waals surface area contributed by atoms with Crippen LogP contribution in [-0.4, -0.2) is 5.16 Å². The highest BCUT2D eigenvalue weighted by molar-refractivity contribution is 5.64. The average molecular weight is 243 g/mol. The maximum absolute atomic E-state index is 5.40. The Labute approximate surface area is 109 Å². The van der Waals surface area contributed by atoms with Gasteiger partial charge in [-0.3, -0.25) is 0 Å². The van der Waals surface area contributed by atoms with E-state index in [1.54, 1.807) is 0 Å². The molecule has 0 fully saturated rings. The van der Waals surface area contributed by atoms with Gasteiger partial charge in [0.25, 0.3) is 0 Å². The summed E-state index contributed by atoms with van der Waals surface area (Å²) in [6.45, 7) is 8.57. The fourth-order valence-electron chi connectivity index (χ4n) is 2.46. The molecule has 1 atom stereocenters. The average Bonchev–Trinajstić information content (AvgIpc) is 2.72. The highest BCUT2D eigenvalue weighted by Crippen LogP contribution is 2.33. The zero-order valence-electron chi connectivity index (χ0n) is 11.7. The van der Waals surface area contributed by atoms with Crippen LogP contribution in [0.3, 0.4) is 0 Å². The highest BCUT2D eigenvalue weighted by atomic mass is 16.5. The second-order valence-electron chi connectivity index (χ2n) is 5.06. The number of nitrogens with zero attached hydrogens (tertiary/aromatic N) is 1. The van der Waals surface area contributed by atoms with E-state index in [0.717, 1.165) is 17.0 Å². The van der Waals surface area contributed by atoms with Gasteiger partial charge in [0.15, 0.2) is 0 Å². The first kappa shape index (κ1) is 12.9. The van der Waals surface area contributed by atoms with Crippen molar-refractivity contribution in [1.29, 1.82) is 0 Å². The lowest BCUT2D eigenvalue weighted by Gasteiger charge is -2.10. The molecule has 0 aliphatic rings. The molecule has 0 bridgehead atoms. The van der Waals surface area contributed by atoms with Crippen molar-refractivity contribution in [3.8, 4) is 11.3 Å². The predicted molar refractivity (Wildman–Crippen MR) is 74.7 cm³/mol. The second kappa shape index (κ2) is 5.38. The van der Waals surface area contributed by atoms with Crippen LogP contribution in [0.4, 0.5) is 0 Å². The summed E-state index contributed by atoms with van der Waals surface area (Å²) >= 11 is 0. The van der Waals surface area contributed by atoms with Crippen LogP contribution in [0.1, 0.15) is 49.5 Å². The Balaban J connectivity index is 2.42. The number of rotatable bonds is 4. The maximum atomic E-state index is 5.40. The fourth-order valence-corrected chi connectivity index (χ4v) is 2.46. The van der Waals surface area contributed by atoms with Gasteiger partial charge in [-0.15, -0.1) is 0 Å². The van der Waals surface area contributed by atoms with Crippen molar-refractivity contribution in [3.05, 3.63) is 41.2 Å². The monoisotopic (exact) mass is 243 g/mol. The van der Waals surface area contributed by atoms with E-state index in [-0.39, 0.29) is 0 Å². The Morgan fingerprint density at radius 1 is 1.17 bits per heavy atom. The van der Waals surface area contributed by atoms with E-state index in [9.17, 15) is 0 Å². The molecule has 1 aromatic heterocycles. The van der Waals surface area contributed by atoms with Gasteiger partial charge < -0.3 is 4.52 Å². The molecule has 1 unspecified atom stereocenters. The minimum Gasteiger partial charge on any atom is -0.361 e. The summed E-state index contributed by atoms with van der Waals surface area (Å²) in [5, 5.41) is 4.24. The molecular weight excluding hydrogens is 222 g/mol. The summed E-state index contributed by atoms with van der Waals surface area (Å²) in [5.41, 5.74) is 4.69. The van der Waals surface area contributed by atoms with Gasteiger partial charge in [-0.2, -0.15) is 0 Å². The Kier molecular flexibility index (Phi) is 3.85. The molecule has 2 nitrogen and oxygen atoms in total. The summed E-state index contributed by atoms with van der Waals surface area (Å²) in [5.74, 6) is 1.45. The third-order valence-corrected chi connectivity index (χ3v) is 3.45. The normalized spacial score (nSPS) is 12.7. The Bertz CT molecular complexity index is 510. The molecule has 2 aromatic rings. The van der Waals surface area contributed by atoms with Crippen LogP contribution in [0.25, 0.3) is 11.3 Å². The summed E-state index contributed by atoms with van der Waals surface area (Å²) in [7, 11) is 0. The van der Waals surface area contributed by atoms with Crippen LogP contribution < -0.4 is 0 Å². The first-order chi connectivity index (χ1) is 8.63. The summed E-state index contributed by atoms with van der Waals surface area (Å²) in [6, 6.07) is 8.48. The van der Waals surface area contributed by atoms with E-state index >= 15 is 0 Å². The van der Waals surface area contributed by atoms with E-state index in [2.05, 4.69) is 50.2 Å². The van der Waals surface area contributed by atoms with Crippen LogP contribution in [0.2, 0.25) is 0 Å². The van der Waals surface area contributed by atoms with Crippen LogP contribution >= 0.6 is 0 Å². The molecule has 1 heterocycles. The molecule has 2 rings (SSSR count). The molecule has 0 N–H and O–H groups in total. The van der Waals surface area contributed by atoms with Crippen molar-refractivity contribution < 1.29 is 4.52 Å². The van der Waals surface area contributed by atoms with Gasteiger partial charge in [0.2, 0.25) is 0 Å². The first-order valence-electron chi connectivity index (χ1n) is 6.66. The summed E-state index contributed by atoms with van der Waals surface area (Å²) in [6.07, 6.45) is 2.35. The van der Waals surface area contributed by atoms with Gasteiger partial charge in [0, 0.05) is 11.1 Å². The van der Waals surface area contributed by atoms with Crippen molar-refractivity contribution in [2.75, 3.05) is 0 Å². The number of hydrogen-bond donors (Lipinski definition) is 0. The summed E-state index contributed by atoms with van der Waals surface area (Å²) in [4.78, 5) is 0. The molecule has 0 amide bonds. The molecule has 0 aliphatic carbocycles. The van der Waals surface area contributed by atoms with Gasteiger partial charge in [-0.1, -0.05) is 55.3 Å². The van der Waals surface area contributed by atoms with Gasteiger partial charge in [-0.25, -0.2) is 0 Å². The predicted octanol–water partition coefficient (Wildman–Crippen LogP) is 4.86. The van der Waals surface area contributed by atoms with Crippen molar-refractivity contribution in [2.24, 2.45) is 0 Å². The third kappa shape index (κ3) is 2.47. The van der Waals surface area contributed by atoms with Crippen LogP contribution in [0.5, 0.6) is 0 Å². The van der Waals surface area contributed by atoms with Crippen molar-refractivity contribution in [3.63, 3.8) is 0 Å². The quantitative estimate of drug-likeness (QED) is 0.766. The molecule has 1 aromatic carbocycles. The lowest BCUT2D eigenvalue weighted by Crippen LogP contribution is -1.96. The largest absolute Gasteiger partial charge is 0.361 e. The molecule has 0 saturated carbocycles. The Morgan fingerprint density at radius 2 is 1.83 bits per heavy atom. The molecule has 0 spiro atoms. The van der Waals surface area contributed by atoms with E-state index in [1.807, 2.05) is 6.92 Å². The minimum absolute atomic E-state index is 0.498. The van der Waals surface area contributed by atoms with Gasteiger partial charge in [0.05, 0.1) is 0 Å². The van der Waals surface area contributed by atoms with E-state index in [1.165, 1.54) is 24.0 Å². The molecule has 0 aliphatic heterocycles. The van der Waals surface area contributed by atoms with Crippen molar-refractivity contribution in [2.45, 2.75) is 46.5 Å². The van der Waals surface area contributed by atoms with E-state index < -0.39 is 0 Å². The lowest BCUT2D eigenvalue weighted by atomic mass is 9.92. The molecule has 0 saturated heterocycles. The Hall–Kier alpha value is -1.57. The van der Waals surface area contributed by atoms with Crippen molar-refractivity contribution >= 4 is 0 Å². The molecule has 2 heteroatoms. The van der Waals surface area contributed by atoms with Crippen molar-refractivity contribution in [1.82, 2.24) is 5.16 Å². The Morgan fingerprint density at radius 3 is 2.44 bits per heavy atom. The van der Waals surface area contributed by atoms with Gasteiger partial charge in [0.1, 0.15) is 11.5 Å². The zero-order chi connectivity index (χ0) is 13.1. The first-order valence-corrected chi connectivity index (χ1v) is 6.66.